The molecule has 43 heavy (non-hydrogen) atoms. The number of pyridine rings is 2. The van der Waals surface area contributed by atoms with Gasteiger partial charge in [-0.2, -0.15) is 14.9 Å². The maximum absolute atomic E-state index is 15.9. The first-order chi connectivity index (χ1) is 20.2. The van der Waals surface area contributed by atoms with Gasteiger partial charge in [0.1, 0.15) is 28.1 Å². The van der Waals surface area contributed by atoms with E-state index in [2.05, 4.69) is 30.3 Å². The summed E-state index contributed by atoms with van der Waals surface area (Å²) in [6.07, 6.45) is 5.36. The molecule has 0 aromatic carbocycles. The van der Waals surface area contributed by atoms with Crippen molar-refractivity contribution in [3.63, 3.8) is 0 Å². The average Bonchev–Trinajstić information content (AvgIpc) is 3.59. The largest absolute Gasteiger partial charge is 0.365 e. The molecular weight excluding hydrogens is 578 g/mol. The zero-order chi connectivity index (χ0) is 31.6. The molecule has 0 amide bonds. The summed E-state index contributed by atoms with van der Waals surface area (Å²) in [5.41, 5.74) is 0.438. The van der Waals surface area contributed by atoms with Crippen LogP contribution in [0, 0.1) is 20.8 Å². The standard InChI is InChI=1S/C27H29BClFN10O3/c1-7-11-31-25(20-9-8-10-23(34-20)39-18(5)33-17(4)35-39)19(30)14-38-15(2)12-22(24(29)26(38)41)37(6)16(3)21-13-32-40(36-21)27(28,42)43/h7-14,16,42-43H,1-6H3/b11-7+,19-14-,31-25-/t16-/m1/s1. The first-order valence-corrected chi connectivity index (χ1v) is 13.4. The quantitative estimate of drug-likeness (QED) is 0.166. The fourth-order valence-electron chi connectivity index (χ4n) is 4.14. The van der Waals surface area contributed by atoms with Gasteiger partial charge in [-0.05, 0) is 52.8 Å². The van der Waals surface area contributed by atoms with Crippen molar-refractivity contribution in [1.29, 1.82) is 0 Å². The number of allylic oxidation sites excluding steroid dienone is 2. The van der Waals surface area contributed by atoms with Gasteiger partial charge in [0, 0.05) is 18.9 Å². The molecule has 0 aliphatic carbocycles. The van der Waals surface area contributed by atoms with Crippen molar-refractivity contribution in [1.82, 2.24) is 39.3 Å². The topological polar surface area (TPSA) is 152 Å². The van der Waals surface area contributed by atoms with Gasteiger partial charge in [0.2, 0.25) is 5.81 Å². The lowest BCUT2D eigenvalue weighted by atomic mass is 10.1. The van der Waals surface area contributed by atoms with E-state index >= 15 is 4.39 Å². The van der Waals surface area contributed by atoms with Gasteiger partial charge in [-0.15, -0.1) is 9.90 Å². The van der Waals surface area contributed by atoms with Gasteiger partial charge >= 0.3 is 0 Å². The molecule has 222 valence electrons. The van der Waals surface area contributed by atoms with Crippen LogP contribution in [0.25, 0.3) is 12.0 Å². The number of rotatable bonds is 9. The molecule has 2 radical (unpaired) electrons. The number of nitrogens with zero attached hydrogens (tertiary/aromatic N) is 10. The Bertz CT molecular complexity index is 1800. The maximum atomic E-state index is 15.9. The van der Waals surface area contributed by atoms with E-state index < -0.39 is 23.2 Å². The first-order valence-electron chi connectivity index (χ1n) is 13.0. The summed E-state index contributed by atoms with van der Waals surface area (Å²) >= 11 is 6.51. The minimum Gasteiger partial charge on any atom is -0.365 e. The third kappa shape index (κ3) is 6.63. The Morgan fingerprint density at radius 1 is 1.23 bits per heavy atom. The Morgan fingerprint density at radius 2 is 1.95 bits per heavy atom. The molecule has 0 unspecified atom stereocenters. The molecule has 0 saturated heterocycles. The van der Waals surface area contributed by atoms with E-state index in [-0.39, 0.29) is 16.4 Å². The summed E-state index contributed by atoms with van der Waals surface area (Å²) in [7, 11) is 6.88. The van der Waals surface area contributed by atoms with Gasteiger partial charge in [-0.25, -0.2) is 14.4 Å². The summed E-state index contributed by atoms with van der Waals surface area (Å²) in [5, 5.41) is 31.0. The lowest BCUT2D eigenvalue weighted by Crippen LogP contribution is -2.35. The van der Waals surface area contributed by atoms with Crippen LogP contribution in [0.1, 0.15) is 48.6 Å². The van der Waals surface area contributed by atoms with Crippen LogP contribution >= 0.6 is 11.6 Å². The molecule has 0 saturated carbocycles. The van der Waals surface area contributed by atoms with E-state index in [0.717, 1.165) is 10.8 Å². The third-order valence-corrected chi connectivity index (χ3v) is 6.80. The SMILES string of the molecule is [B]C(O)(O)n1ncc([C@@H](C)N(C)c2cc(C)n(/C=C(F)/C(=N/C=C/C)c3cccc(-n4nc(C)nc4C)n3)c(=O)c2Cl)n1. The summed E-state index contributed by atoms with van der Waals surface area (Å²) in [6.45, 7) is 8.64. The highest BCUT2D eigenvalue weighted by Crippen LogP contribution is 2.30. The van der Waals surface area contributed by atoms with Crippen LogP contribution in [-0.2, 0) is 5.81 Å². The Balaban J connectivity index is 1.72. The van der Waals surface area contributed by atoms with E-state index in [1.165, 1.54) is 12.4 Å². The predicted octanol–water partition coefficient (Wildman–Crippen LogP) is 2.70. The van der Waals surface area contributed by atoms with Crippen molar-refractivity contribution in [2.24, 2.45) is 4.99 Å². The molecule has 16 heteroatoms. The Kier molecular flexibility index (Phi) is 9.08. The molecule has 4 heterocycles. The number of hydrogen-bond donors (Lipinski definition) is 2. The number of aliphatic hydroxyl groups is 2. The molecule has 4 aromatic heterocycles. The summed E-state index contributed by atoms with van der Waals surface area (Å²) < 4.78 is 18.5. The number of aliphatic imine (C=N–C) groups is 1. The van der Waals surface area contributed by atoms with Crippen LogP contribution in [0.5, 0.6) is 0 Å². The number of aromatic nitrogens is 8. The fourth-order valence-corrected chi connectivity index (χ4v) is 4.42. The van der Waals surface area contributed by atoms with E-state index in [0.29, 0.717) is 39.3 Å². The van der Waals surface area contributed by atoms with Crippen LogP contribution in [0.2, 0.25) is 5.02 Å². The van der Waals surface area contributed by atoms with E-state index in [1.807, 2.05) is 0 Å². The van der Waals surface area contributed by atoms with Gasteiger partial charge in [-0.1, -0.05) is 23.7 Å². The number of halogens is 2. The monoisotopic (exact) mass is 606 g/mol. The molecule has 4 aromatic rings. The zero-order valence-corrected chi connectivity index (χ0v) is 25.1. The van der Waals surface area contributed by atoms with Crippen molar-refractivity contribution in [3.05, 3.63) is 92.7 Å². The van der Waals surface area contributed by atoms with Gasteiger partial charge in [0.25, 0.3) is 5.56 Å². The Hall–Kier alpha value is -4.47. The van der Waals surface area contributed by atoms with Crippen molar-refractivity contribution >= 4 is 37.0 Å². The average molecular weight is 607 g/mol. The van der Waals surface area contributed by atoms with Gasteiger partial charge in [0.15, 0.2) is 19.5 Å². The van der Waals surface area contributed by atoms with Crippen molar-refractivity contribution in [2.75, 3.05) is 11.9 Å². The highest BCUT2D eigenvalue weighted by atomic mass is 35.5. The second kappa shape index (κ2) is 12.4. The minimum atomic E-state index is -2.78. The maximum Gasteiger partial charge on any atom is 0.275 e. The number of hydrogen-bond acceptors (Lipinski definition) is 10. The lowest BCUT2D eigenvalue weighted by molar-refractivity contribution is -0.169. The normalized spacial score (nSPS) is 13.6. The van der Waals surface area contributed by atoms with Crippen LogP contribution in [0.4, 0.5) is 10.1 Å². The first kappa shape index (κ1) is 31.5. The van der Waals surface area contributed by atoms with Crippen molar-refractivity contribution in [3.8, 4) is 5.82 Å². The molecule has 0 fully saturated rings. The molecule has 13 nitrogen and oxygen atoms in total. The number of anilines is 1. The second-order valence-corrected chi connectivity index (χ2v) is 10.0. The molecule has 0 aliphatic heterocycles. The smallest absolute Gasteiger partial charge is 0.275 e. The molecule has 2 N–H and O–H groups in total. The third-order valence-electron chi connectivity index (χ3n) is 6.44. The second-order valence-electron chi connectivity index (χ2n) is 9.63. The summed E-state index contributed by atoms with van der Waals surface area (Å²) in [6, 6.07) is 6.09. The number of aryl methyl sites for hydroxylation is 3. The highest BCUT2D eigenvalue weighted by Gasteiger charge is 2.25. The Morgan fingerprint density at radius 3 is 2.56 bits per heavy atom. The minimum absolute atomic E-state index is 0.112. The van der Waals surface area contributed by atoms with Gasteiger partial charge in [0.05, 0.1) is 29.8 Å². The van der Waals surface area contributed by atoms with Crippen molar-refractivity contribution in [2.45, 2.75) is 46.5 Å². The zero-order valence-electron chi connectivity index (χ0n) is 24.3. The van der Waals surface area contributed by atoms with Crippen molar-refractivity contribution < 1.29 is 14.6 Å². The van der Waals surface area contributed by atoms with E-state index in [1.54, 1.807) is 81.6 Å². The molecule has 1 atom stereocenters. The Labute approximate surface area is 252 Å². The van der Waals surface area contributed by atoms with Gasteiger partial charge in [-0.3, -0.25) is 14.4 Å². The summed E-state index contributed by atoms with van der Waals surface area (Å²) in [4.78, 5) is 28.6. The molecule has 4 rings (SSSR count). The lowest BCUT2D eigenvalue weighted by Gasteiger charge is -2.27. The summed E-state index contributed by atoms with van der Waals surface area (Å²) in [5.74, 6) is -2.01. The molecule has 0 bridgehead atoms. The molecule has 0 aliphatic rings. The van der Waals surface area contributed by atoms with Crippen LogP contribution in [0.3, 0.4) is 0 Å². The molecule has 0 spiro atoms. The van der Waals surface area contributed by atoms with Gasteiger partial charge < -0.3 is 15.1 Å². The fraction of sp³-hybridized carbons (Fsp3) is 0.296. The van der Waals surface area contributed by atoms with E-state index in [4.69, 9.17) is 19.4 Å². The van der Waals surface area contributed by atoms with Crippen LogP contribution < -0.4 is 10.5 Å². The van der Waals surface area contributed by atoms with Crippen LogP contribution in [-0.4, -0.2) is 70.1 Å². The predicted molar refractivity (Wildman–Crippen MR) is 161 cm³/mol. The molecular formula is C27H29BClFN10O3. The van der Waals surface area contributed by atoms with E-state index in [9.17, 15) is 15.0 Å². The van der Waals surface area contributed by atoms with Crippen LogP contribution in [0.15, 0.2) is 58.4 Å². The highest BCUT2D eigenvalue weighted by molar-refractivity contribution is 6.33.